The number of likely N-dealkylation sites (N-methyl/N-ethyl adjacent to an activating group) is 1. The highest BCUT2D eigenvalue weighted by molar-refractivity contribution is 5.70. The van der Waals surface area contributed by atoms with Gasteiger partial charge in [-0.2, -0.15) is 0 Å². The van der Waals surface area contributed by atoms with E-state index >= 15 is 0 Å². The minimum Gasteiger partial charge on any atom is -0.545 e. The third-order valence-corrected chi connectivity index (χ3v) is 13.1. The number of hydrogen-bond acceptors (Lipinski definition) is 8. The lowest BCUT2D eigenvalue weighted by Gasteiger charge is -2.26. The Hall–Kier alpha value is -5.61. The average molecular weight is 1170 g/mol. The summed E-state index contributed by atoms with van der Waals surface area (Å²) in [6.45, 7) is 4.46. The fourth-order valence-corrected chi connectivity index (χ4v) is 8.18. The van der Waals surface area contributed by atoms with Gasteiger partial charge in [-0.25, -0.2) is 0 Å². The van der Waals surface area contributed by atoms with Crippen LogP contribution < -0.4 is 5.11 Å². The Balaban J connectivity index is 4.28. The highest BCUT2D eigenvalue weighted by atomic mass is 16.7. The van der Waals surface area contributed by atoms with Gasteiger partial charge in [-0.05, 0) is 135 Å². The van der Waals surface area contributed by atoms with Crippen molar-refractivity contribution in [2.75, 3.05) is 47.5 Å². The number of unbranched alkanes of at least 4 members (excludes halogenated alkanes) is 13. The first-order chi connectivity index (χ1) is 41.6. The van der Waals surface area contributed by atoms with E-state index in [0.717, 1.165) is 161 Å². The van der Waals surface area contributed by atoms with Gasteiger partial charge in [0.1, 0.15) is 13.2 Å². The Kier molecular flexibility index (Phi) is 60.1. The number of rotatable bonds is 58. The molecule has 9 heteroatoms. The lowest BCUT2D eigenvalue weighted by Crippen LogP contribution is -2.44. The molecule has 0 aliphatic carbocycles. The number of carboxylic acid groups (broad SMARTS) is 1. The van der Waals surface area contributed by atoms with Crippen LogP contribution in [0.15, 0.2) is 182 Å². The summed E-state index contributed by atoms with van der Waals surface area (Å²) in [6, 6.07) is 0. The van der Waals surface area contributed by atoms with Crippen LogP contribution in [0, 0.1) is 0 Å². The Labute approximate surface area is 519 Å². The number of allylic oxidation sites excluding steroid dienone is 30. The van der Waals surface area contributed by atoms with E-state index in [9.17, 15) is 19.5 Å². The van der Waals surface area contributed by atoms with Gasteiger partial charge >= 0.3 is 11.9 Å². The first-order valence-corrected chi connectivity index (χ1v) is 32.9. The number of ether oxygens (including phenoxy) is 4. The van der Waals surface area contributed by atoms with Gasteiger partial charge in [0, 0.05) is 12.8 Å². The quantitative estimate of drug-likeness (QED) is 0.0195. The lowest BCUT2D eigenvalue weighted by atomic mass is 10.1. The Bertz CT molecular complexity index is 2050. The number of carbonyl (C=O) groups excluding carboxylic acids is 3. The zero-order valence-corrected chi connectivity index (χ0v) is 54.1. The van der Waals surface area contributed by atoms with Crippen LogP contribution in [0.25, 0.3) is 0 Å². The first kappa shape index (κ1) is 79.4. The molecule has 85 heavy (non-hydrogen) atoms. The minimum atomic E-state index is -1.64. The van der Waals surface area contributed by atoms with Crippen LogP contribution in [0.2, 0.25) is 0 Å². The summed E-state index contributed by atoms with van der Waals surface area (Å²) >= 11 is 0. The van der Waals surface area contributed by atoms with Crippen LogP contribution in [-0.2, 0) is 33.3 Å². The fourth-order valence-electron chi connectivity index (χ4n) is 8.18. The molecule has 2 unspecified atom stereocenters. The summed E-state index contributed by atoms with van der Waals surface area (Å²) in [5.41, 5.74) is 0. The summed E-state index contributed by atoms with van der Waals surface area (Å²) in [7, 11) is 5.90. The topological polar surface area (TPSA) is 111 Å². The summed E-state index contributed by atoms with van der Waals surface area (Å²) < 4.78 is 22.7. The molecule has 0 fully saturated rings. The first-order valence-electron chi connectivity index (χ1n) is 32.9. The van der Waals surface area contributed by atoms with Crippen LogP contribution in [0.4, 0.5) is 0 Å². The number of nitrogens with zero attached hydrogens (tertiary/aromatic N) is 1. The van der Waals surface area contributed by atoms with Gasteiger partial charge < -0.3 is 33.3 Å². The molecule has 2 atom stereocenters. The van der Waals surface area contributed by atoms with E-state index < -0.39 is 24.3 Å². The van der Waals surface area contributed by atoms with E-state index in [4.69, 9.17) is 18.9 Å². The summed E-state index contributed by atoms with van der Waals surface area (Å²) in [5, 5.41) is 11.8. The molecule has 9 nitrogen and oxygen atoms in total. The largest absolute Gasteiger partial charge is 0.545 e. The van der Waals surface area contributed by atoms with Crippen LogP contribution in [0.3, 0.4) is 0 Å². The molecule has 0 amide bonds. The molecular formula is C76H119NO8. The molecule has 0 aromatic carbocycles. The molecule has 0 saturated heterocycles. The van der Waals surface area contributed by atoms with E-state index in [1.54, 1.807) is 0 Å². The van der Waals surface area contributed by atoms with Crippen molar-refractivity contribution >= 4 is 17.9 Å². The average Bonchev–Trinajstić information content (AvgIpc) is 3.48. The van der Waals surface area contributed by atoms with Crippen molar-refractivity contribution in [1.82, 2.24) is 0 Å². The van der Waals surface area contributed by atoms with Crippen molar-refractivity contribution in [3.8, 4) is 0 Å². The maximum atomic E-state index is 12.9. The Morgan fingerprint density at radius 3 is 0.941 bits per heavy atom. The zero-order valence-electron chi connectivity index (χ0n) is 54.1. The second-order valence-electron chi connectivity index (χ2n) is 22.3. The second-order valence-corrected chi connectivity index (χ2v) is 22.3. The normalized spacial score (nSPS) is 13.9. The third kappa shape index (κ3) is 65.8. The van der Waals surface area contributed by atoms with Crippen molar-refractivity contribution in [3.63, 3.8) is 0 Å². The highest BCUT2D eigenvalue weighted by Crippen LogP contribution is 2.14. The molecule has 0 N–H and O–H groups in total. The van der Waals surface area contributed by atoms with Gasteiger partial charge in [-0.1, -0.05) is 254 Å². The molecule has 0 aliphatic heterocycles. The second kappa shape index (κ2) is 64.4. The zero-order chi connectivity index (χ0) is 61.9. The standard InChI is InChI=1S/C76H119NO8/c1-6-8-10-12-14-16-18-20-22-24-26-28-30-31-32-33-34-35-36-37-38-39-40-41-42-43-45-47-49-51-53-55-57-59-61-63-65-67-74(79)85-72(71-84-76(75(80)81)82-69-68-77(3,4)5)70-83-73(78)66-64-62-60-58-56-54-52-50-48-46-44-29-27-25-23-21-19-17-15-13-11-9-7-2/h8-11,14-17,20-23,26-29,31-32,34-35,37-38,40-41,43,45-46,48-49,51,72,76H,6-7,12-13,18-19,24-25,30,33,36,39,42,44,47,50,52-71H2,1-5H3/b10-8-,11-9-,16-14-,17-15-,22-20-,23-21-,28-26-,29-27-,32-31-,35-34-,38-37-,41-40-,45-43-,48-46-,51-49-. The van der Waals surface area contributed by atoms with Crippen molar-refractivity contribution in [2.45, 2.75) is 232 Å². The van der Waals surface area contributed by atoms with E-state index in [1.165, 1.54) is 19.3 Å². The van der Waals surface area contributed by atoms with Gasteiger partial charge in [0.2, 0.25) is 0 Å². The Morgan fingerprint density at radius 2 is 0.635 bits per heavy atom. The summed E-state index contributed by atoms with van der Waals surface area (Å²) in [6.07, 6.45) is 95.2. The molecule has 476 valence electrons. The SMILES string of the molecule is CC/C=C\C/C=C\C/C=C\C/C=C\C/C=C\C/C=C\C/C=C\C/C=C\C/C=C\C/C=C\CCCCCCCCC(=O)OC(COC(=O)CCCCCCCCC/C=C\C/C=C\C/C=C\C/C=C\C/C=C\CC)COC(OCC[N+](C)(C)C)C(=O)[O-]. The van der Waals surface area contributed by atoms with E-state index in [1.807, 2.05) is 21.1 Å². The summed E-state index contributed by atoms with van der Waals surface area (Å²) in [4.78, 5) is 37.4. The van der Waals surface area contributed by atoms with Gasteiger partial charge in [0.25, 0.3) is 0 Å². The molecule has 0 radical (unpaired) electrons. The number of quaternary nitrogens is 1. The monoisotopic (exact) mass is 1170 g/mol. The van der Waals surface area contributed by atoms with Crippen LogP contribution >= 0.6 is 0 Å². The van der Waals surface area contributed by atoms with Crippen LogP contribution in [0.5, 0.6) is 0 Å². The maximum absolute atomic E-state index is 12.9. The minimum absolute atomic E-state index is 0.132. The van der Waals surface area contributed by atoms with Crippen molar-refractivity contribution in [2.24, 2.45) is 0 Å². The molecule has 0 aromatic heterocycles. The molecule has 0 aliphatic rings. The van der Waals surface area contributed by atoms with E-state index in [2.05, 4.69) is 196 Å². The van der Waals surface area contributed by atoms with Gasteiger partial charge in [0.05, 0.1) is 40.3 Å². The molecule has 0 saturated carbocycles. The smallest absolute Gasteiger partial charge is 0.306 e. The fraction of sp³-hybridized carbons (Fsp3) is 0.566. The molecular weight excluding hydrogens is 1050 g/mol. The molecule has 0 bridgehead atoms. The number of carbonyl (C=O) groups is 3. The van der Waals surface area contributed by atoms with Crippen LogP contribution in [0.1, 0.15) is 219 Å². The van der Waals surface area contributed by atoms with Gasteiger partial charge in [-0.3, -0.25) is 9.59 Å². The molecule has 0 heterocycles. The van der Waals surface area contributed by atoms with Gasteiger partial charge in [0.15, 0.2) is 12.4 Å². The molecule has 0 aromatic rings. The number of esters is 2. The van der Waals surface area contributed by atoms with E-state index in [0.29, 0.717) is 23.9 Å². The van der Waals surface area contributed by atoms with Gasteiger partial charge in [-0.15, -0.1) is 0 Å². The highest BCUT2D eigenvalue weighted by Gasteiger charge is 2.22. The molecule has 0 spiro atoms. The Morgan fingerprint density at radius 1 is 0.353 bits per heavy atom. The summed E-state index contributed by atoms with van der Waals surface area (Å²) in [5.74, 6) is -2.34. The van der Waals surface area contributed by atoms with Crippen molar-refractivity contribution < 1.29 is 42.9 Å². The number of carboxylic acids is 1. The van der Waals surface area contributed by atoms with Crippen molar-refractivity contribution in [1.29, 1.82) is 0 Å². The number of aliphatic carboxylic acids is 1. The predicted molar refractivity (Wildman–Crippen MR) is 361 cm³/mol. The predicted octanol–water partition coefficient (Wildman–Crippen LogP) is 19.1. The molecule has 0 rings (SSSR count). The van der Waals surface area contributed by atoms with Crippen molar-refractivity contribution in [3.05, 3.63) is 182 Å². The van der Waals surface area contributed by atoms with E-state index in [-0.39, 0.29) is 38.6 Å². The third-order valence-electron chi connectivity index (χ3n) is 13.1. The maximum Gasteiger partial charge on any atom is 0.306 e. The number of hydrogen-bond donors (Lipinski definition) is 0. The lowest BCUT2D eigenvalue weighted by molar-refractivity contribution is -0.870. The van der Waals surface area contributed by atoms with Crippen LogP contribution in [-0.4, -0.2) is 82.3 Å².